The minimum absolute atomic E-state index is 0.158. The molecule has 1 aromatic rings. The van der Waals surface area contributed by atoms with Gasteiger partial charge in [0, 0.05) is 12.1 Å². The average molecular weight is 313 g/mol. The number of nitro benzene ring substituents is 1. The van der Waals surface area contributed by atoms with Crippen LogP contribution >= 0.6 is 11.6 Å². The van der Waals surface area contributed by atoms with Gasteiger partial charge in [0.25, 0.3) is 5.69 Å². The molecule has 5 nitrogen and oxygen atoms in total. The van der Waals surface area contributed by atoms with Crippen LogP contribution in [0.25, 0.3) is 0 Å². The molecule has 0 amide bonds. The Kier molecular flexibility index (Phi) is 5.18. The highest BCUT2D eigenvalue weighted by molar-refractivity contribution is 6.31. The second-order valence-corrected chi connectivity index (χ2v) is 4.44. The molecule has 2 N–H and O–H groups in total. The molecule has 0 heterocycles. The largest absolute Gasteiger partial charge is 0.418 e. The van der Waals surface area contributed by atoms with Gasteiger partial charge in [0.1, 0.15) is 5.69 Å². The molecule has 0 saturated carbocycles. The fraction of sp³-hybridized carbons (Fsp3) is 0.455. The number of halogens is 4. The minimum atomic E-state index is -4.78. The van der Waals surface area contributed by atoms with Crippen molar-refractivity contribution in [3.8, 4) is 0 Å². The van der Waals surface area contributed by atoms with E-state index in [2.05, 4.69) is 5.32 Å². The van der Waals surface area contributed by atoms with E-state index in [4.69, 9.17) is 16.7 Å². The summed E-state index contributed by atoms with van der Waals surface area (Å²) in [6.07, 6.45) is -4.34. The van der Waals surface area contributed by atoms with Gasteiger partial charge in [-0.15, -0.1) is 0 Å². The number of hydrogen-bond acceptors (Lipinski definition) is 4. The first-order chi connectivity index (χ1) is 9.20. The van der Waals surface area contributed by atoms with Crippen molar-refractivity contribution in [3.63, 3.8) is 0 Å². The highest BCUT2D eigenvalue weighted by atomic mass is 35.5. The van der Waals surface area contributed by atoms with E-state index >= 15 is 0 Å². The van der Waals surface area contributed by atoms with Gasteiger partial charge >= 0.3 is 6.18 Å². The Hall–Kier alpha value is -1.54. The third kappa shape index (κ3) is 3.73. The van der Waals surface area contributed by atoms with Crippen LogP contribution in [0.3, 0.4) is 0 Å². The van der Waals surface area contributed by atoms with Crippen molar-refractivity contribution in [1.82, 2.24) is 0 Å². The molecule has 1 rings (SSSR count). The Morgan fingerprint density at radius 3 is 2.50 bits per heavy atom. The van der Waals surface area contributed by atoms with Gasteiger partial charge in [-0.05, 0) is 12.5 Å². The summed E-state index contributed by atoms with van der Waals surface area (Å²) < 4.78 is 38.0. The maximum Gasteiger partial charge on any atom is 0.418 e. The van der Waals surface area contributed by atoms with Crippen molar-refractivity contribution in [3.05, 3.63) is 32.8 Å². The molecule has 0 fully saturated rings. The Balaban J connectivity index is 3.32. The van der Waals surface area contributed by atoms with Gasteiger partial charge in [-0.3, -0.25) is 10.1 Å². The lowest BCUT2D eigenvalue weighted by molar-refractivity contribution is -0.384. The summed E-state index contributed by atoms with van der Waals surface area (Å²) in [4.78, 5) is 9.93. The first-order valence-electron chi connectivity index (χ1n) is 5.63. The van der Waals surface area contributed by atoms with Crippen LogP contribution in [0.4, 0.5) is 24.5 Å². The smallest absolute Gasteiger partial charge is 0.394 e. The van der Waals surface area contributed by atoms with E-state index in [9.17, 15) is 23.3 Å². The molecule has 20 heavy (non-hydrogen) atoms. The Labute approximate surface area is 117 Å². The van der Waals surface area contributed by atoms with Gasteiger partial charge in [0.05, 0.1) is 22.1 Å². The topological polar surface area (TPSA) is 75.4 Å². The molecular weight excluding hydrogens is 301 g/mol. The molecule has 0 saturated heterocycles. The normalized spacial score (nSPS) is 13.1. The lowest BCUT2D eigenvalue weighted by atomic mass is 10.1. The minimum Gasteiger partial charge on any atom is -0.394 e. The maximum atomic E-state index is 12.7. The summed E-state index contributed by atoms with van der Waals surface area (Å²) in [6.45, 7) is 1.40. The van der Waals surface area contributed by atoms with Gasteiger partial charge in [-0.2, -0.15) is 13.2 Å². The number of nitro groups is 1. The standard InChI is InChI=1S/C11H12ClF3N2O3/c1-2-6(5-18)16-9-4-8(12)7(11(13,14)15)3-10(9)17(19)20/h3-4,6,16,18H,2,5H2,1H3. The first-order valence-corrected chi connectivity index (χ1v) is 6.01. The molecule has 1 unspecified atom stereocenters. The highest BCUT2D eigenvalue weighted by Gasteiger charge is 2.36. The number of alkyl halides is 3. The Bertz CT molecular complexity index is 504. The summed E-state index contributed by atoms with van der Waals surface area (Å²) in [6, 6.07) is 0.719. The zero-order valence-electron chi connectivity index (χ0n) is 10.4. The van der Waals surface area contributed by atoms with E-state index in [1.165, 1.54) is 0 Å². The van der Waals surface area contributed by atoms with Crippen molar-refractivity contribution < 1.29 is 23.2 Å². The van der Waals surface area contributed by atoms with Crippen molar-refractivity contribution in [1.29, 1.82) is 0 Å². The number of aliphatic hydroxyl groups is 1. The summed E-state index contributed by atoms with van der Waals surface area (Å²) in [5, 5.41) is 21.9. The predicted octanol–water partition coefficient (Wildman–Crippen LogP) is 3.45. The summed E-state index contributed by atoms with van der Waals surface area (Å²) in [5.74, 6) is 0. The zero-order valence-corrected chi connectivity index (χ0v) is 11.1. The number of benzene rings is 1. The van der Waals surface area contributed by atoms with Crippen molar-refractivity contribution in [2.75, 3.05) is 11.9 Å². The van der Waals surface area contributed by atoms with Crippen LogP contribution < -0.4 is 5.32 Å². The SMILES string of the molecule is CCC(CO)Nc1cc(Cl)c(C(F)(F)F)cc1[N+](=O)[O-]. The first kappa shape index (κ1) is 16.5. The van der Waals surface area contributed by atoms with Crippen molar-refractivity contribution in [2.24, 2.45) is 0 Å². The highest BCUT2D eigenvalue weighted by Crippen LogP contribution is 2.40. The number of hydrogen-bond donors (Lipinski definition) is 2. The quantitative estimate of drug-likeness (QED) is 0.645. The molecule has 0 aliphatic heterocycles. The van der Waals surface area contributed by atoms with E-state index in [0.717, 1.165) is 6.07 Å². The molecule has 0 spiro atoms. The molecule has 0 radical (unpaired) electrons. The van der Waals surface area contributed by atoms with Crippen molar-refractivity contribution in [2.45, 2.75) is 25.6 Å². The fourth-order valence-corrected chi connectivity index (χ4v) is 1.81. The van der Waals surface area contributed by atoms with Gasteiger partial charge in [-0.1, -0.05) is 18.5 Å². The summed E-state index contributed by atoms with van der Waals surface area (Å²) in [7, 11) is 0. The van der Waals surface area contributed by atoms with E-state index in [1.54, 1.807) is 6.92 Å². The van der Waals surface area contributed by atoms with Crippen LogP contribution in [-0.2, 0) is 6.18 Å². The van der Waals surface area contributed by atoms with Crippen LogP contribution in [0.2, 0.25) is 5.02 Å². The molecule has 1 atom stereocenters. The maximum absolute atomic E-state index is 12.7. The number of nitrogens with zero attached hydrogens (tertiary/aromatic N) is 1. The number of rotatable bonds is 5. The molecular formula is C11H12ClF3N2O3. The lowest BCUT2D eigenvalue weighted by Gasteiger charge is -2.17. The van der Waals surface area contributed by atoms with Crippen LogP contribution in [-0.4, -0.2) is 22.7 Å². The second kappa shape index (κ2) is 6.27. The van der Waals surface area contributed by atoms with Crippen LogP contribution in [0, 0.1) is 10.1 Å². The van der Waals surface area contributed by atoms with Crippen LogP contribution in [0.15, 0.2) is 12.1 Å². The van der Waals surface area contributed by atoms with Gasteiger partial charge in [0.15, 0.2) is 0 Å². The molecule has 0 aliphatic rings. The zero-order chi connectivity index (χ0) is 15.5. The lowest BCUT2D eigenvalue weighted by Crippen LogP contribution is -2.23. The van der Waals surface area contributed by atoms with Gasteiger partial charge in [0.2, 0.25) is 0 Å². The third-order valence-electron chi connectivity index (χ3n) is 2.66. The number of nitrogens with one attached hydrogen (secondary N) is 1. The van der Waals surface area contributed by atoms with Gasteiger partial charge in [-0.25, -0.2) is 0 Å². The molecule has 1 aromatic carbocycles. The molecule has 112 valence electrons. The summed E-state index contributed by atoms with van der Waals surface area (Å²) in [5.41, 5.74) is -2.17. The summed E-state index contributed by atoms with van der Waals surface area (Å²) >= 11 is 5.52. The average Bonchev–Trinajstić information content (AvgIpc) is 2.33. The van der Waals surface area contributed by atoms with Crippen LogP contribution in [0.5, 0.6) is 0 Å². The monoisotopic (exact) mass is 312 g/mol. The van der Waals surface area contributed by atoms with Crippen LogP contribution in [0.1, 0.15) is 18.9 Å². The Morgan fingerprint density at radius 1 is 1.50 bits per heavy atom. The second-order valence-electron chi connectivity index (χ2n) is 4.04. The molecule has 0 aliphatic carbocycles. The van der Waals surface area contributed by atoms with E-state index in [-0.39, 0.29) is 12.3 Å². The molecule has 9 heteroatoms. The van der Waals surface area contributed by atoms with E-state index in [0.29, 0.717) is 12.5 Å². The van der Waals surface area contributed by atoms with E-state index < -0.39 is 33.4 Å². The Morgan fingerprint density at radius 2 is 2.10 bits per heavy atom. The van der Waals surface area contributed by atoms with E-state index in [1.807, 2.05) is 0 Å². The predicted molar refractivity (Wildman–Crippen MR) is 67.9 cm³/mol. The third-order valence-corrected chi connectivity index (χ3v) is 2.97. The number of aliphatic hydroxyl groups excluding tert-OH is 1. The molecule has 0 bridgehead atoms. The van der Waals surface area contributed by atoms with Gasteiger partial charge < -0.3 is 10.4 Å². The fourth-order valence-electron chi connectivity index (χ4n) is 1.54. The number of anilines is 1. The van der Waals surface area contributed by atoms with Crippen molar-refractivity contribution >= 4 is 23.0 Å². The molecule has 0 aromatic heterocycles.